The minimum absolute atomic E-state index is 0.391. The average molecular weight is 263 g/mol. The van der Waals surface area contributed by atoms with Crippen molar-refractivity contribution in [2.24, 2.45) is 5.92 Å². The molecule has 1 N–H and O–H groups in total. The maximum absolute atomic E-state index is 4.42. The Bertz CT molecular complexity index is 459. The molecule has 0 spiro atoms. The summed E-state index contributed by atoms with van der Waals surface area (Å²) in [6, 6.07) is 4.70. The van der Waals surface area contributed by atoms with Gasteiger partial charge in [0.15, 0.2) is 0 Å². The molecule has 0 saturated carbocycles. The van der Waals surface area contributed by atoms with Crippen LogP contribution < -0.4 is 5.32 Å². The van der Waals surface area contributed by atoms with Crippen molar-refractivity contribution in [3.63, 3.8) is 0 Å². The van der Waals surface area contributed by atoms with E-state index in [4.69, 9.17) is 0 Å². The molecule has 0 fully saturated rings. The zero-order chi connectivity index (χ0) is 13.0. The van der Waals surface area contributed by atoms with Crippen LogP contribution >= 0.6 is 11.3 Å². The molecular weight excluding hydrogens is 242 g/mol. The van der Waals surface area contributed by atoms with Crippen molar-refractivity contribution in [3.05, 3.63) is 34.8 Å². The standard InChI is InChI=1S/C14H21N3S/c1-4-12(13-6-5-9-18-13)17-8-7-15-14(17)16-10-11(2)3/h5-9,11-12H,4,10H2,1-3H3,(H,15,16). The molecule has 0 aliphatic rings. The van der Waals surface area contributed by atoms with Crippen LogP contribution in [-0.4, -0.2) is 16.1 Å². The fourth-order valence-electron chi connectivity index (χ4n) is 2.01. The van der Waals surface area contributed by atoms with E-state index in [-0.39, 0.29) is 0 Å². The molecule has 0 aromatic carbocycles. The van der Waals surface area contributed by atoms with Crippen LogP contribution in [0, 0.1) is 5.92 Å². The summed E-state index contributed by atoms with van der Waals surface area (Å²) < 4.78 is 2.24. The van der Waals surface area contributed by atoms with E-state index in [1.165, 1.54) is 4.88 Å². The van der Waals surface area contributed by atoms with Crippen LogP contribution in [0.2, 0.25) is 0 Å². The smallest absolute Gasteiger partial charge is 0.203 e. The van der Waals surface area contributed by atoms with Gasteiger partial charge < -0.3 is 9.88 Å². The number of imidazole rings is 1. The van der Waals surface area contributed by atoms with Crippen LogP contribution in [0.25, 0.3) is 0 Å². The Labute approximate surface area is 113 Å². The quantitative estimate of drug-likeness (QED) is 0.853. The van der Waals surface area contributed by atoms with Crippen LogP contribution in [0.3, 0.4) is 0 Å². The first-order valence-electron chi connectivity index (χ1n) is 6.52. The first-order chi connectivity index (χ1) is 8.72. The van der Waals surface area contributed by atoms with E-state index in [2.05, 4.69) is 59.3 Å². The van der Waals surface area contributed by atoms with E-state index < -0.39 is 0 Å². The lowest BCUT2D eigenvalue weighted by molar-refractivity contribution is 0.575. The Morgan fingerprint density at radius 3 is 2.89 bits per heavy atom. The molecule has 0 radical (unpaired) electrons. The molecule has 2 rings (SSSR count). The molecule has 1 unspecified atom stereocenters. The first kappa shape index (κ1) is 13.1. The van der Waals surface area contributed by atoms with Crippen LogP contribution in [0.5, 0.6) is 0 Å². The maximum atomic E-state index is 4.42. The van der Waals surface area contributed by atoms with Gasteiger partial charge in [0.1, 0.15) is 0 Å². The average Bonchev–Trinajstić information content (AvgIpc) is 2.99. The van der Waals surface area contributed by atoms with Crippen molar-refractivity contribution in [3.8, 4) is 0 Å². The summed E-state index contributed by atoms with van der Waals surface area (Å²) in [5.41, 5.74) is 0. The van der Waals surface area contributed by atoms with Gasteiger partial charge in [-0.3, -0.25) is 0 Å². The summed E-state index contributed by atoms with van der Waals surface area (Å²) >= 11 is 1.81. The molecule has 0 amide bonds. The van der Waals surface area contributed by atoms with Crippen molar-refractivity contribution in [1.82, 2.24) is 9.55 Å². The van der Waals surface area contributed by atoms with Gasteiger partial charge in [-0.1, -0.05) is 26.8 Å². The molecule has 2 aromatic heterocycles. The zero-order valence-electron chi connectivity index (χ0n) is 11.3. The van der Waals surface area contributed by atoms with Crippen molar-refractivity contribution in [2.45, 2.75) is 33.2 Å². The lowest BCUT2D eigenvalue weighted by atomic mass is 10.2. The molecule has 18 heavy (non-hydrogen) atoms. The Morgan fingerprint density at radius 2 is 2.28 bits per heavy atom. The summed E-state index contributed by atoms with van der Waals surface area (Å²) in [7, 11) is 0. The molecule has 98 valence electrons. The number of thiophene rings is 1. The third kappa shape index (κ3) is 2.93. The molecule has 0 aliphatic heterocycles. The molecule has 0 bridgehead atoms. The monoisotopic (exact) mass is 263 g/mol. The number of nitrogens with one attached hydrogen (secondary N) is 1. The highest BCUT2D eigenvalue weighted by molar-refractivity contribution is 7.10. The van der Waals surface area contributed by atoms with E-state index in [0.717, 1.165) is 18.9 Å². The number of aromatic nitrogens is 2. The Kier molecular flexibility index (Phi) is 4.42. The van der Waals surface area contributed by atoms with Gasteiger partial charge in [-0.05, 0) is 23.8 Å². The number of hydrogen-bond acceptors (Lipinski definition) is 3. The second-order valence-corrected chi connectivity index (χ2v) is 5.85. The van der Waals surface area contributed by atoms with Gasteiger partial charge in [-0.25, -0.2) is 4.98 Å². The molecule has 3 nitrogen and oxygen atoms in total. The van der Waals surface area contributed by atoms with Crippen LogP contribution in [0.4, 0.5) is 5.95 Å². The third-order valence-electron chi connectivity index (χ3n) is 2.93. The third-order valence-corrected chi connectivity index (χ3v) is 3.90. The molecule has 4 heteroatoms. The molecule has 0 saturated heterocycles. The minimum Gasteiger partial charge on any atom is -0.355 e. The number of anilines is 1. The summed E-state index contributed by atoms with van der Waals surface area (Å²) in [4.78, 5) is 5.82. The Balaban J connectivity index is 2.19. The summed E-state index contributed by atoms with van der Waals surface area (Å²) in [5.74, 6) is 1.60. The fraction of sp³-hybridized carbons (Fsp3) is 0.500. The highest BCUT2D eigenvalue weighted by Crippen LogP contribution is 2.28. The highest BCUT2D eigenvalue weighted by atomic mass is 32.1. The van der Waals surface area contributed by atoms with Gasteiger partial charge in [0, 0.05) is 23.8 Å². The molecular formula is C14H21N3S. The topological polar surface area (TPSA) is 29.9 Å². The largest absolute Gasteiger partial charge is 0.355 e. The van der Waals surface area contributed by atoms with Crippen molar-refractivity contribution >= 4 is 17.3 Å². The molecule has 2 heterocycles. The maximum Gasteiger partial charge on any atom is 0.203 e. The van der Waals surface area contributed by atoms with Gasteiger partial charge in [0.05, 0.1) is 6.04 Å². The number of hydrogen-bond donors (Lipinski definition) is 1. The Hall–Kier alpha value is -1.29. The van der Waals surface area contributed by atoms with Gasteiger partial charge in [-0.2, -0.15) is 0 Å². The predicted molar refractivity (Wildman–Crippen MR) is 78.3 cm³/mol. The summed E-state index contributed by atoms with van der Waals surface area (Å²) in [6.45, 7) is 7.59. The first-order valence-corrected chi connectivity index (χ1v) is 7.40. The van der Waals surface area contributed by atoms with Crippen LogP contribution in [-0.2, 0) is 0 Å². The molecule has 1 atom stereocenters. The van der Waals surface area contributed by atoms with E-state index in [1.54, 1.807) is 0 Å². The highest BCUT2D eigenvalue weighted by Gasteiger charge is 2.15. The van der Waals surface area contributed by atoms with Crippen molar-refractivity contribution in [1.29, 1.82) is 0 Å². The number of nitrogens with zero attached hydrogens (tertiary/aromatic N) is 2. The van der Waals surface area contributed by atoms with Crippen molar-refractivity contribution < 1.29 is 0 Å². The van der Waals surface area contributed by atoms with Crippen molar-refractivity contribution in [2.75, 3.05) is 11.9 Å². The summed E-state index contributed by atoms with van der Waals surface area (Å²) in [6.07, 6.45) is 5.02. The second-order valence-electron chi connectivity index (χ2n) is 4.87. The molecule has 2 aromatic rings. The van der Waals surface area contributed by atoms with Crippen LogP contribution in [0.1, 0.15) is 38.1 Å². The van der Waals surface area contributed by atoms with Gasteiger partial charge in [0.25, 0.3) is 0 Å². The van der Waals surface area contributed by atoms with E-state index in [0.29, 0.717) is 12.0 Å². The second kappa shape index (κ2) is 6.05. The van der Waals surface area contributed by atoms with E-state index in [1.807, 2.05) is 17.5 Å². The lowest BCUT2D eigenvalue weighted by Gasteiger charge is -2.19. The number of rotatable bonds is 6. The molecule has 0 aliphatic carbocycles. The SMILES string of the molecule is CCC(c1cccs1)n1ccnc1NCC(C)C. The van der Waals surface area contributed by atoms with Gasteiger partial charge in [0.2, 0.25) is 5.95 Å². The van der Waals surface area contributed by atoms with Crippen LogP contribution in [0.15, 0.2) is 29.9 Å². The predicted octanol–water partition coefficient (Wildman–Crippen LogP) is 4.01. The Morgan fingerprint density at radius 1 is 1.44 bits per heavy atom. The van der Waals surface area contributed by atoms with E-state index >= 15 is 0 Å². The van der Waals surface area contributed by atoms with Gasteiger partial charge in [-0.15, -0.1) is 11.3 Å². The summed E-state index contributed by atoms with van der Waals surface area (Å²) in [5, 5.41) is 5.56. The minimum atomic E-state index is 0.391. The normalized spacial score (nSPS) is 12.9. The zero-order valence-corrected chi connectivity index (χ0v) is 12.1. The lowest BCUT2D eigenvalue weighted by Crippen LogP contribution is -2.15. The fourth-order valence-corrected chi connectivity index (χ4v) is 2.92. The van der Waals surface area contributed by atoms with Gasteiger partial charge >= 0.3 is 0 Å². The van der Waals surface area contributed by atoms with E-state index in [9.17, 15) is 0 Å².